The molecular weight excluding hydrogens is 444 g/mol. The first-order chi connectivity index (χ1) is 16.5. The van der Waals surface area contributed by atoms with Crippen molar-refractivity contribution in [1.82, 2.24) is 14.8 Å². The van der Waals surface area contributed by atoms with Gasteiger partial charge in [0.2, 0.25) is 5.91 Å². The Labute approximate surface area is 204 Å². The summed E-state index contributed by atoms with van der Waals surface area (Å²) in [6.07, 6.45) is 0.823. The smallest absolute Gasteiger partial charge is 0.234 e. The molecule has 174 valence electrons. The Kier molecular flexibility index (Phi) is 7.65. The topological polar surface area (TPSA) is 69.0 Å². The first kappa shape index (κ1) is 23.6. The lowest BCUT2D eigenvalue weighted by atomic mass is 10.1. The molecule has 4 aromatic rings. The van der Waals surface area contributed by atoms with Crippen molar-refractivity contribution >= 4 is 23.4 Å². The number of rotatable bonds is 9. The summed E-state index contributed by atoms with van der Waals surface area (Å²) >= 11 is 1.39. The van der Waals surface area contributed by atoms with Gasteiger partial charge in [-0.3, -0.25) is 4.79 Å². The van der Waals surface area contributed by atoms with E-state index in [1.807, 2.05) is 74.5 Å². The minimum Gasteiger partial charge on any atom is -0.496 e. The second-order valence-electron chi connectivity index (χ2n) is 8.05. The van der Waals surface area contributed by atoms with Crippen LogP contribution in [-0.4, -0.2) is 33.5 Å². The van der Waals surface area contributed by atoms with Crippen molar-refractivity contribution in [2.24, 2.45) is 0 Å². The molecule has 4 rings (SSSR count). The van der Waals surface area contributed by atoms with Crippen LogP contribution in [0.1, 0.15) is 16.7 Å². The highest BCUT2D eigenvalue weighted by Crippen LogP contribution is 2.31. The molecule has 6 nitrogen and oxygen atoms in total. The summed E-state index contributed by atoms with van der Waals surface area (Å²) in [5.74, 6) is 1.63. The fraction of sp³-hybridized carbons (Fsp3) is 0.222. The van der Waals surface area contributed by atoms with E-state index in [0.29, 0.717) is 11.7 Å². The summed E-state index contributed by atoms with van der Waals surface area (Å²) in [6.45, 7) is 4.69. The Morgan fingerprint density at radius 2 is 1.76 bits per heavy atom. The van der Waals surface area contributed by atoms with Gasteiger partial charge in [-0.15, -0.1) is 10.2 Å². The monoisotopic (exact) mass is 472 g/mol. The molecule has 0 bridgehead atoms. The zero-order valence-electron chi connectivity index (χ0n) is 19.6. The van der Waals surface area contributed by atoms with Gasteiger partial charge in [0.25, 0.3) is 0 Å². The number of para-hydroxylation sites is 1. The zero-order chi connectivity index (χ0) is 23.9. The van der Waals surface area contributed by atoms with Crippen LogP contribution in [0.4, 0.5) is 5.69 Å². The number of hydrogen-bond donors (Lipinski definition) is 1. The second-order valence-corrected chi connectivity index (χ2v) is 8.99. The summed E-state index contributed by atoms with van der Waals surface area (Å²) in [5, 5.41) is 12.6. The minimum atomic E-state index is -0.0739. The van der Waals surface area contributed by atoms with Crippen LogP contribution in [0.25, 0.3) is 11.4 Å². The number of anilines is 1. The third-order valence-electron chi connectivity index (χ3n) is 5.53. The lowest BCUT2D eigenvalue weighted by molar-refractivity contribution is -0.113. The fourth-order valence-electron chi connectivity index (χ4n) is 3.70. The number of carbonyl (C=O) groups excluding carboxylic acids is 1. The summed E-state index contributed by atoms with van der Waals surface area (Å²) < 4.78 is 7.63. The average Bonchev–Trinajstić information content (AvgIpc) is 3.26. The Morgan fingerprint density at radius 1 is 1.00 bits per heavy atom. The molecule has 0 saturated heterocycles. The molecule has 34 heavy (non-hydrogen) atoms. The van der Waals surface area contributed by atoms with Gasteiger partial charge in [0.1, 0.15) is 5.75 Å². The van der Waals surface area contributed by atoms with Crippen LogP contribution in [0.15, 0.2) is 78.0 Å². The molecule has 1 amide bonds. The number of aryl methyl sites for hydroxylation is 3. The molecule has 0 aliphatic heterocycles. The van der Waals surface area contributed by atoms with Crippen LogP contribution in [0, 0.1) is 13.8 Å². The number of ether oxygens (including phenoxy) is 1. The molecule has 7 heteroatoms. The Balaban J connectivity index is 1.55. The number of amides is 1. The summed E-state index contributed by atoms with van der Waals surface area (Å²) in [4.78, 5) is 12.7. The van der Waals surface area contributed by atoms with Crippen molar-refractivity contribution in [1.29, 1.82) is 0 Å². The van der Waals surface area contributed by atoms with Crippen molar-refractivity contribution in [2.45, 2.75) is 32.0 Å². The van der Waals surface area contributed by atoms with E-state index in [1.54, 1.807) is 7.11 Å². The molecule has 0 radical (unpaired) electrons. The first-order valence-corrected chi connectivity index (χ1v) is 12.1. The Hall–Kier alpha value is -3.58. The molecular formula is C27H28N4O2S. The van der Waals surface area contributed by atoms with E-state index in [2.05, 4.69) is 32.2 Å². The van der Waals surface area contributed by atoms with Crippen molar-refractivity contribution in [2.75, 3.05) is 18.2 Å². The highest BCUT2D eigenvalue weighted by molar-refractivity contribution is 7.99. The summed E-state index contributed by atoms with van der Waals surface area (Å²) in [7, 11) is 1.65. The van der Waals surface area contributed by atoms with Crippen LogP contribution in [0.5, 0.6) is 5.75 Å². The van der Waals surface area contributed by atoms with Gasteiger partial charge in [-0.1, -0.05) is 66.4 Å². The van der Waals surface area contributed by atoms with E-state index in [9.17, 15) is 4.79 Å². The van der Waals surface area contributed by atoms with E-state index < -0.39 is 0 Å². The largest absolute Gasteiger partial charge is 0.496 e. The third kappa shape index (κ3) is 5.66. The van der Waals surface area contributed by atoms with Gasteiger partial charge in [0.15, 0.2) is 11.0 Å². The molecule has 0 aliphatic carbocycles. The van der Waals surface area contributed by atoms with E-state index in [-0.39, 0.29) is 11.7 Å². The predicted octanol–water partition coefficient (Wildman–Crippen LogP) is 5.54. The number of hydrogen-bond acceptors (Lipinski definition) is 5. The quantitative estimate of drug-likeness (QED) is 0.324. The SMILES string of the molecule is COc1ccccc1-c1nnc(SCC(=O)Nc2cc(C)ccc2C)n1CCc1ccccc1. The zero-order valence-corrected chi connectivity index (χ0v) is 20.4. The Bertz CT molecular complexity index is 1270. The van der Waals surface area contributed by atoms with Crippen molar-refractivity contribution in [3.63, 3.8) is 0 Å². The minimum absolute atomic E-state index is 0.0739. The van der Waals surface area contributed by atoms with E-state index in [1.165, 1.54) is 17.3 Å². The van der Waals surface area contributed by atoms with Crippen molar-refractivity contribution in [3.05, 3.63) is 89.5 Å². The highest BCUT2D eigenvalue weighted by Gasteiger charge is 2.18. The third-order valence-corrected chi connectivity index (χ3v) is 6.50. The normalized spacial score (nSPS) is 10.8. The molecule has 0 atom stereocenters. The molecule has 0 saturated carbocycles. The standard InChI is InChI=1S/C27H28N4O2S/c1-19-13-14-20(2)23(17-19)28-25(32)18-34-27-30-29-26(22-11-7-8-12-24(22)33-3)31(27)16-15-21-9-5-4-6-10-21/h4-14,17H,15-16,18H2,1-3H3,(H,28,32). The number of nitrogens with one attached hydrogen (secondary N) is 1. The van der Waals surface area contributed by atoms with Crippen molar-refractivity contribution in [3.8, 4) is 17.1 Å². The lowest BCUT2D eigenvalue weighted by Crippen LogP contribution is -2.15. The van der Waals surface area contributed by atoms with E-state index >= 15 is 0 Å². The van der Waals surface area contributed by atoms with E-state index in [0.717, 1.165) is 40.4 Å². The molecule has 0 unspecified atom stereocenters. The predicted molar refractivity (Wildman–Crippen MR) is 137 cm³/mol. The van der Waals surface area contributed by atoms with Gasteiger partial charge in [-0.2, -0.15) is 0 Å². The molecule has 0 spiro atoms. The van der Waals surface area contributed by atoms with Crippen LogP contribution in [0.2, 0.25) is 0 Å². The number of aromatic nitrogens is 3. The van der Waals surface area contributed by atoms with E-state index in [4.69, 9.17) is 4.74 Å². The second kappa shape index (κ2) is 11.0. The molecule has 0 aliphatic rings. The maximum Gasteiger partial charge on any atom is 0.234 e. The van der Waals surface area contributed by atoms with Crippen LogP contribution >= 0.6 is 11.8 Å². The number of thioether (sulfide) groups is 1. The first-order valence-electron chi connectivity index (χ1n) is 11.2. The van der Waals surface area contributed by atoms with Crippen LogP contribution in [-0.2, 0) is 17.8 Å². The van der Waals surface area contributed by atoms with Gasteiger partial charge in [0.05, 0.1) is 18.4 Å². The number of methoxy groups -OCH3 is 1. The average molecular weight is 473 g/mol. The summed E-state index contributed by atoms with van der Waals surface area (Å²) in [5.41, 5.74) is 5.08. The maximum atomic E-state index is 12.7. The van der Waals surface area contributed by atoms with Crippen LogP contribution < -0.4 is 10.1 Å². The van der Waals surface area contributed by atoms with Gasteiger partial charge >= 0.3 is 0 Å². The van der Waals surface area contributed by atoms with Gasteiger partial charge in [-0.25, -0.2) is 0 Å². The maximum absolute atomic E-state index is 12.7. The molecule has 1 heterocycles. The lowest BCUT2D eigenvalue weighted by Gasteiger charge is -2.13. The molecule has 1 aromatic heterocycles. The fourth-order valence-corrected chi connectivity index (χ4v) is 4.46. The number of benzene rings is 3. The van der Waals surface area contributed by atoms with Gasteiger partial charge in [0, 0.05) is 12.2 Å². The number of nitrogens with zero attached hydrogens (tertiary/aromatic N) is 3. The molecule has 0 fully saturated rings. The molecule has 3 aromatic carbocycles. The van der Waals surface area contributed by atoms with Gasteiger partial charge < -0.3 is 14.6 Å². The Morgan fingerprint density at radius 3 is 2.56 bits per heavy atom. The summed E-state index contributed by atoms with van der Waals surface area (Å²) in [6, 6.07) is 24.1. The van der Waals surface area contributed by atoms with Crippen LogP contribution in [0.3, 0.4) is 0 Å². The van der Waals surface area contributed by atoms with Gasteiger partial charge in [-0.05, 0) is 55.2 Å². The van der Waals surface area contributed by atoms with Crippen molar-refractivity contribution < 1.29 is 9.53 Å². The highest BCUT2D eigenvalue weighted by atomic mass is 32.2. The molecule has 1 N–H and O–H groups in total. The number of carbonyl (C=O) groups is 1.